The van der Waals surface area contributed by atoms with Crippen LogP contribution in [0.25, 0.3) is 0 Å². The van der Waals surface area contributed by atoms with Crippen LogP contribution in [0, 0.1) is 12.8 Å². The van der Waals surface area contributed by atoms with E-state index in [9.17, 15) is 9.59 Å². The molecule has 19 heavy (non-hydrogen) atoms. The zero-order valence-corrected chi connectivity index (χ0v) is 12.3. The van der Waals surface area contributed by atoms with Gasteiger partial charge in [0, 0.05) is 0 Å². The zero-order valence-electron chi connectivity index (χ0n) is 12.3. The van der Waals surface area contributed by atoms with E-state index in [2.05, 4.69) is 5.32 Å². The van der Waals surface area contributed by atoms with E-state index in [4.69, 9.17) is 11.1 Å². The maximum Gasteiger partial charge on any atom is 0.288 e. The van der Waals surface area contributed by atoms with E-state index in [1.165, 1.54) is 6.92 Å². The van der Waals surface area contributed by atoms with Crippen LogP contribution in [0.1, 0.15) is 19.8 Å². The van der Waals surface area contributed by atoms with Crippen molar-refractivity contribution in [3.05, 3.63) is 7.43 Å². The van der Waals surface area contributed by atoms with Crippen molar-refractivity contribution in [3.63, 3.8) is 0 Å². The molecule has 0 aromatic heterocycles. The van der Waals surface area contributed by atoms with Gasteiger partial charge in [-0.25, -0.2) is 5.41 Å². The summed E-state index contributed by atoms with van der Waals surface area (Å²) in [6.45, 7) is 2.38. The molecular formula is C12H27N5O2. The van der Waals surface area contributed by atoms with Crippen LogP contribution in [0.3, 0.4) is 0 Å². The Morgan fingerprint density at radius 3 is 2.42 bits per heavy atom. The van der Waals surface area contributed by atoms with E-state index >= 15 is 0 Å². The molecule has 6 N–H and O–H groups in total. The first-order valence-electron chi connectivity index (χ1n) is 5.94. The molecule has 0 radical (unpaired) electrons. The van der Waals surface area contributed by atoms with Gasteiger partial charge in [0.05, 0.1) is 19.1 Å². The summed E-state index contributed by atoms with van der Waals surface area (Å²) >= 11 is 0. The lowest BCUT2D eigenvalue weighted by molar-refractivity contribution is -0.543. The summed E-state index contributed by atoms with van der Waals surface area (Å²) in [6.07, 6.45) is 1.28. The van der Waals surface area contributed by atoms with Crippen LogP contribution in [-0.2, 0) is 9.59 Å². The summed E-state index contributed by atoms with van der Waals surface area (Å²) < 4.78 is 0. The highest BCUT2D eigenvalue weighted by Gasteiger charge is 2.17. The number of quaternary nitrogens is 1. The second kappa shape index (κ2) is 10.5. The number of amides is 1. The highest BCUT2D eigenvalue weighted by atomic mass is 16.2. The smallest absolute Gasteiger partial charge is 0.288 e. The van der Waals surface area contributed by atoms with Crippen LogP contribution in [0.5, 0.6) is 0 Å². The first-order valence-corrected chi connectivity index (χ1v) is 5.94. The number of ketones is 1. The lowest BCUT2D eigenvalue weighted by atomic mass is 10.1. The molecule has 0 aliphatic rings. The molecule has 1 amide bonds. The summed E-state index contributed by atoms with van der Waals surface area (Å²) in [5, 5.41) is 11.3. The second-order valence-corrected chi connectivity index (χ2v) is 4.56. The molecule has 112 valence electrons. The Kier molecular flexibility index (Phi) is 10.9. The minimum atomic E-state index is -0.446. The molecule has 0 unspecified atom stereocenters. The predicted octanol–water partition coefficient (Wildman–Crippen LogP) is -1.69. The summed E-state index contributed by atoms with van der Waals surface area (Å²) in [7, 11) is 3.59. The van der Waals surface area contributed by atoms with Gasteiger partial charge in [0.15, 0.2) is 5.78 Å². The molecule has 0 saturated heterocycles. The molecule has 0 saturated carbocycles. The number of nitrogens with one attached hydrogen (secondary N) is 2. The quantitative estimate of drug-likeness (QED) is 0.183. The first-order chi connectivity index (χ1) is 8.32. The Labute approximate surface area is 115 Å². The maximum absolute atomic E-state index is 11.5. The molecule has 0 fully saturated rings. The number of nitrogens with two attached hydrogens (primary N) is 2. The molecule has 0 aliphatic carbocycles. The van der Waals surface area contributed by atoms with Crippen molar-refractivity contribution in [2.75, 3.05) is 27.2 Å². The van der Waals surface area contributed by atoms with Gasteiger partial charge >= 0.3 is 0 Å². The standard InChI is InChI=1S/C11H23N5O2.CH3/c1-8(17)9(5-4-6-14-11(12)13)15-10(18)7-16(2)3;/h9H,4-7H2,1-3H3,(H,15,18)(H4,12,13,14);1H3/q;-1/p+1/t9-;/m0./s1. The Balaban J connectivity index is 0. The largest absolute Gasteiger partial charge is 0.358 e. The predicted molar refractivity (Wildman–Crippen MR) is 75.5 cm³/mol. The van der Waals surface area contributed by atoms with Gasteiger partial charge in [-0.05, 0) is 33.9 Å². The second-order valence-electron chi connectivity index (χ2n) is 4.56. The average Bonchev–Trinajstić information content (AvgIpc) is 2.20. The fourth-order valence-corrected chi connectivity index (χ4v) is 1.48. The summed E-state index contributed by atoms with van der Waals surface area (Å²) in [5.41, 5.74) is 5.19. The van der Waals surface area contributed by atoms with Gasteiger partial charge in [0.1, 0.15) is 0 Å². The Bertz CT molecular complexity index is 304. The number of hydrogen-bond acceptors (Lipinski definition) is 4. The van der Waals surface area contributed by atoms with Gasteiger partial charge in [0.2, 0.25) is 5.91 Å². The molecule has 0 aliphatic heterocycles. The normalized spacial score (nSPS) is 11.6. The van der Waals surface area contributed by atoms with Gasteiger partial charge in [-0.2, -0.15) is 0 Å². The monoisotopic (exact) mass is 273 g/mol. The SMILES string of the molecule is CC(=O)[C@H](CCC[NH2+]C(=N)N)NC(=O)CN(C)C.[CH3-]. The molecule has 0 aromatic carbocycles. The fraction of sp³-hybridized carbons (Fsp3) is 0.667. The topological polar surface area (TPSA) is 116 Å². The van der Waals surface area contributed by atoms with E-state index in [1.807, 2.05) is 0 Å². The number of carbonyl (C=O) groups is 2. The Morgan fingerprint density at radius 2 is 2.00 bits per heavy atom. The summed E-state index contributed by atoms with van der Waals surface area (Å²) in [6, 6.07) is -0.446. The minimum Gasteiger partial charge on any atom is -0.358 e. The highest BCUT2D eigenvalue weighted by molar-refractivity contribution is 5.88. The van der Waals surface area contributed by atoms with E-state index in [0.717, 1.165) is 0 Å². The van der Waals surface area contributed by atoms with E-state index < -0.39 is 6.04 Å². The number of rotatable bonds is 8. The van der Waals surface area contributed by atoms with E-state index in [1.54, 1.807) is 24.3 Å². The van der Waals surface area contributed by atoms with Gasteiger partial charge in [0.25, 0.3) is 5.96 Å². The van der Waals surface area contributed by atoms with Gasteiger partial charge in [-0.3, -0.25) is 14.9 Å². The van der Waals surface area contributed by atoms with Gasteiger partial charge < -0.3 is 23.4 Å². The lowest BCUT2D eigenvalue weighted by Gasteiger charge is -2.17. The van der Waals surface area contributed by atoms with Crippen LogP contribution in [-0.4, -0.2) is 55.8 Å². The first kappa shape index (κ1) is 19.9. The van der Waals surface area contributed by atoms with Gasteiger partial charge in [-0.15, -0.1) is 0 Å². The number of nitrogens with zero attached hydrogens (tertiary/aromatic N) is 1. The van der Waals surface area contributed by atoms with Crippen molar-refractivity contribution in [2.24, 2.45) is 5.73 Å². The molecule has 0 aromatic rings. The maximum atomic E-state index is 11.5. The molecule has 7 nitrogen and oxygen atoms in total. The van der Waals surface area contributed by atoms with Crippen molar-refractivity contribution < 1.29 is 14.9 Å². The van der Waals surface area contributed by atoms with Crippen molar-refractivity contribution >= 4 is 17.6 Å². The molecular weight excluding hydrogens is 246 g/mol. The van der Waals surface area contributed by atoms with Crippen molar-refractivity contribution in [3.8, 4) is 0 Å². The Morgan fingerprint density at radius 1 is 1.42 bits per heavy atom. The summed E-state index contributed by atoms with van der Waals surface area (Å²) in [5.74, 6) is -0.174. The zero-order chi connectivity index (χ0) is 14.1. The molecule has 1 atom stereocenters. The number of hydrogen-bond donors (Lipinski definition) is 4. The molecule has 0 spiro atoms. The van der Waals surface area contributed by atoms with Gasteiger partial charge in [-0.1, -0.05) is 0 Å². The van der Waals surface area contributed by atoms with Crippen LogP contribution < -0.4 is 16.4 Å². The number of likely N-dealkylation sites (N-methyl/N-ethyl adjacent to an activating group) is 1. The third-order valence-electron chi connectivity index (χ3n) is 2.35. The third kappa shape index (κ3) is 11.4. The number of carbonyl (C=O) groups excluding carboxylic acids is 2. The molecule has 0 heterocycles. The molecule has 0 bridgehead atoms. The van der Waals surface area contributed by atoms with Crippen molar-refractivity contribution in [1.29, 1.82) is 5.41 Å². The van der Waals surface area contributed by atoms with Crippen LogP contribution in [0.15, 0.2) is 0 Å². The summed E-state index contributed by atoms with van der Waals surface area (Å²) in [4.78, 5) is 24.7. The highest BCUT2D eigenvalue weighted by Crippen LogP contribution is 1.97. The molecule has 7 heteroatoms. The van der Waals surface area contributed by atoms with E-state index in [0.29, 0.717) is 19.4 Å². The van der Waals surface area contributed by atoms with E-state index in [-0.39, 0.29) is 31.6 Å². The Hall–Kier alpha value is -1.47. The number of Topliss-reactive ketones (excluding diaryl/α,β-unsaturated/α-hetero) is 1. The van der Waals surface area contributed by atoms with Crippen molar-refractivity contribution in [1.82, 2.24) is 10.2 Å². The average molecular weight is 273 g/mol. The third-order valence-corrected chi connectivity index (χ3v) is 2.35. The van der Waals surface area contributed by atoms with Crippen LogP contribution >= 0.6 is 0 Å². The van der Waals surface area contributed by atoms with Crippen molar-refractivity contribution in [2.45, 2.75) is 25.8 Å². The van der Waals surface area contributed by atoms with Crippen LogP contribution in [0.4, 0.5) is 0 Å². The number of guanidine groups is 1. The minimum absolute atomic E-state index is 0. The molecule has 0 rings (SSSR count). The lowest BCUT2D eigenvalue weighted by Crippen LogP contribution is -2.90. The fourth-order valence-electron chi connectivity index (χ4n) is 1.48. The van der Waals surface area contributed by atoms with Crippen LogP contribution in [0.2, 0.25) is 0 Å².